The first-order valence-corrected chi connectivity index (χ1v) is 7.64. The molecule has 0 amide bonds. The molecule has 4 rings (SSSR count). The molecule has 0 N–H and O–H groups in total. The maximum atomic E-state index is 5.95. The summed E-state index contributed by atoms with van der Waals surface area (Å²) in [5.41, 5.74) is 5.13. The fourth-order valence-electron chi connectivity index (χ4n) is 3.08. The number of ether oxygens (including phenoxy) is 1. The fourth-order valence-corrected chi connectivity index (χ4v) is 3.08. The smallest absolute Gasteiger partial charge is 0.216 e. The van der Waals surface area contributed by atoms with E-state index < -0.39 is 0 Å². The Balaban J connectivity index is 2.09. The van der Waals surface area contributed by atoms with Crippen LogP contribution in [0.1, 0.15) is 5.69 Å². The Labute approximate surface area is 134 Å². The number of furan rings is 1. The molecule has 0 saturated heterocycles. The minimum absolute atomic E-state index is 0.817. The van der Waals surface area contributed by atoms with Crippen molar-refractivity contribution >= 4 is 21.9 Å². The van der Waals surface area contributed by atoms with Crippen LogP contribution in [0.25, 0.3) is 33.2 Å². The molecule has 2 aromatic heterocycles. The topological polar surface area (TPSA) is 26.2 Å². The van der Waals surface area contributed by atoms with Crippen LogP contribution in [0.15, 0.2) is 59.0 Å². The Bertz CT molecular complexity index is 1030. The Morgan fingerprint density at radius 1 is 0.913 bits per heavy atom. The predicted octanol–water partition coefficient (Wildman–Crippen LogP) is 4.39. The largest absolute Gasteiger partial charge is 0.496 e. The van der Waals surface area contributed by atoms with Crippen LogP contribution < -0.4 is 9.30 Å². The first kappa shape index (κ1) is 13.8. The van der Waals surface area contributed by atoms with E-state index in [-0.39, 0.29) is 0 Å². The molecular formula is C20H18NO2+. The molecule has 0 aliphatic rings. The highest BCUT2D eigenvalue weighted by Gasteiger charge is 2.19. The van der Waals surface area contributed by atoms with Crippen molar-refractivity contribution in [1.82, 2.24) is 0 Å². The van der Waals surface area contributed by atoms with Crippen LogP contribution in [0.2, 0.25) is 0 Å². The van der Waals surface area contributed by atoms with Gasteiger partial charge >= 0.3 is 0 Å². The van der Waals surface area contributed by atoms with E-state index in [2.05, 4.69) is 48.9 Å². The third-order valence-electron chi connectivity index (χ3n) is 4.46. The molecule has 2 heterocycles. The maximum absolute atomic E-state index is 5.95. The van der Waals surface area contributed by atoms with Gasteiger partial charge in [0.15, 0.2) is 5.69 Å². The first-order chi connectivity index (χ1) is 11.2. The van der Waals surface area contributed by atoms with Crippen molar-refractivity contribution in [3.8, 4) is 17.0 Å². The van der Waals surface area contributed by atoms with Gasteiger partial charge in [-0.05, 0) is 18.2 Å². The van der Waals surface area contributed by atoms with Crippen molar-refractivity contribution in [2.75, 3.05) is 7.11 Å². The summed E-state index contributed by atoms with van der Waals surface area (Å²) in [6.07, 6.45) is 0. The summed E-state index contributed by atoms with van der Waals surface area (Å²) in [5.74, 6) is 0.817. The number of benzene rings is 2. The summed E-state index contributed by atoms with van der Waals surface area (Å²) in [6.45, 7) is 2.10. The summed E-state index contributed by atoms with van der Waals surface area (Å²) in [7, 11) is 3.77. The second kappa shape index (κ2) is 5.13. The molecule has 0 spiro atoms. The molecule has 0 saturated carbocycles. The van der Waals surface area contributed by atoms with E-state index in [0.717, 1.165) is 38.9 Å². The van der Waals surface area contributed by atoms with Gasteiger partial charge in [-0.3, -0.25) is 0 Å². The molecule has 0 bridgehead atoms. The fraction of sp³-hybridized carbons (Fsp3) is 0.150. The molecule has 114 valence electrons. The van der Waals surface area contributed by atoms with E-state index >= 15 is 0 Å². The second-order valence-corrected chi connectivity index (χ2v) is 5.76. The van der Waals surface area contributed by atoms with E-state index in [4.69, 9.17) is 9.15 Å². The van der Waals surface area contributed by atoms with E-state index in [1.54, 1.807) is 7.11 Å². The summed E-state index contributed by atoms with van der Waals surface area (Å²) in [6, 6.07) is 18.5. The number of nitrogens with zero attached hydrogens (tertiary/aromatic N) is 1. The molecule has 0 unspecified atom stereocenters. The molecule has 3 nitrogen and oxygen atoms in total. The lowest BCUT2D eigenvalue weighted by Crippen LogP contribution is -2.34. The molecule has 4 aromatic rings. The van der Waals surface area contributed by atoms with Crippen molar-refractivity contribution in [3.63, 3.8) is 0 Å². The maximum Gasteiger partial charge on any atom is 0.216 e. The van der Waals surface area contributed by atoms with E-state index in [0.29, 0.717) is 0 Å². The zero-order chi connectivity index (χ0) is 16.0. The van der Waals surface area contributed by atoms with E-state index in [9.17, 15) is 0 Å². The standard InChI is InChI=1S/C20H18NO2/c1-13-7-6-9-17(21(13)2)16-11-15-14-8-4-5-10-18(14)23-20(15)12-19(16)22-3/h4-12H,1-3H3/q+1. The van der Waals surface area contributed by atoms with Crippen LogP contribution in [-0.4, -0.2) is 7.11 Å². The Morgan fingerprint density at radius 2 is 1.74 bits per heavy atom. The van der Waals surface area contributed by atoms with E-state index in [1.165, 1.54) is 5.69 Å². The Morgan fingerprint density at radius 3 is 2.57 bits per heavy atom. The average molecular weight is 304 g/mol. The number of aryl methyl sites for hydroxylation is 1. The van der Waals surface area contributed by atoms with Gasteiger partial charge in [-0.1, -0.05) is 18.2 Å². The van der Waals surface area contributed by atoms with Gasteiger partial charge in [0.25, 0.3) is 0 Å². The van der Waals surface area contributed by atoms with Gasteiger partial charge in [0.05, 0.1) is 12.7 Å². The predicted molar refractivity (Wildman–Crippen MR) is 91.6 cm³/mol. The van der Waals surface area contributed by atoms with Gasteiger partial charge in [0.1, 0.15) is 24.0 Å². The van der Waals surface area contributed by atoms with Crippen LogP contribution in [-0.2, 0) is 7.05 Å². The minimum Gasteiger partial charge on any atom is -0.496 e. The number of para-hydroxylation sites is 1. The van der Waals surface area contributed by atoms with Crippen LogP contribution in [0.4, 0.5) is 0 Å². The van der Waals surface area contributed by atoms with Gasteiger partial charge in [0.2, 0.25) is 5.69 Å². The second-order valence-electron chi connectivity index (χ2n) is 5.76. The number of fused-ring (bicyclic) bond motifs is 3. The van der Waals surface area contributed by atoms with Crippen LogP contribution in [0, 0.1) is 6.92 Å². The zero-order valence-corrected chi connectivity index (χ0v) is 13.5. The van der Waals surface area contributed by atoms with Crippen LogP contribution >= 0.6 is 0 Å². The van der Waals surface area contributed by atoms with Crippen molar-refractivity contribution in [2.45, 2.75) is 6.92 Å². The lowest BCUT2D eigenvalue weighted by Gasteiger charge is -2.08. The van der Waals surface area contributed by atoms with Crippen molar-refractivity contribution < 1.29 is 13.7 Å². The van der Waals surface area contributed by atoms with Gasteiger partial charge in [0, 0.05) is 35.9 Å². The van der Waals surface area contributed by atoms with Crippen LogP contribution in [0.5, 0.6) is 5.75 Å². The molecule has 0 radical (unpaired) electrons. The number of hydrogen-bond acceptors (Lipinski definition) is 2. The van der Waals surface area contributed by atoms with Crippen LogP contribution in [0.3, 0.4) is 0 Å². The van der Waals surface area contributed by atoms with Gasteiger partial charge in [-0.25, -0.2) is 0 Å². The summed E-state index contributed by atoms with van der Waals surface area (Å²) in [4.78, 5) is 0. The molecule has 3 heteroatoms. The number of aromatic nitrogens is 1. The molecule has 0 aliphatic heterocycles. The Kier molecular flexibility index (Phi) is 3.08. The SMILES string of the molecule is COc1cc2oc3ccccc3c2cc1-c1cccc(C)[n+]1C. The lowest BCUT2D eigenvalue weighted by molar-refractivity contribution is -0.666. The normalized spacial score (nSPS) is 11.3. The summed E-state index contributed by atoms with van der Waals surface area (Å²) in [5, 5.41) is 2.24. The van der Waals surface area contributed by atoms with Gasteiger partial charge in [-0.2, -0.15) is 4.57 Å². The number of rotatable bonds is 2. The van der Waals surface area contributed by atoms with E-state index in [1.807, 2.05) is 24.3 Å². The number of pyridine rings is 1. The van der Waals surface area contributed by atoms with Gasteiger partial charge < -0.3 is 9.15 Å². The highest BCUT2D eigenvalue weighted by atomic mass is 16.5. The molecule has 0 fully saturated rings. The first-order valence-electron chi connectivity index (χ1n) is 7.64. The molecule has 0 aliphatic carbocycles. The highest BCUT2D eigenvalue weighted by molar-refractivity contribution is 6.07. The quantitative estimate of drug-likeness (QED) is 0.513. The number of methoxy groups -OCH3 is 1. The van der Waals surface area contributed by atoms with Crippen molar-refractivity contribution in [3.05, 3.63) is 60.3 Å². The molecule has 2 aromatic carbocycles. The zero-order valence-electron chi connectivity index (χ0n) is 13.5. The third-order valence-corrected chi connectivity index (χ3v) is 4.46. The monoisotopic (exact) mass is 304 g/mol. The molecule has 23 heavy (non-hydrogen) atoms. The minimum atomic E-state index is 0.817. The summed E-state index contributed by atoms with van der Waals surface area (Å²) < 4.78 is 13.8. The van der Waals surface area contributed by atoms with Crippen molar-refractivity contribution in [1.29, 1.82) is 0 Å². The average Bonchev–Trinajstić information content (AvgIpc) is 2.94. The van der Waals surface area contributed by atoms with Gasteiger partial charge in [-0.15, -0.1) is 0 Å². The molecular weight excluding hydrogens is 286 g/mol. The lowest BCUT2D eigenvalue weighted by atomic mass is 10.0. The number of hydrogen-bond donors (Lipinski definition) is 0. The third kappa shape index (κ3) is 2.08. The molecule has 0 atom stereocenters. The van der Waals surface area contributed by atoms with Crippen molar-refractivity contribution in [2.24, 2.45) is 7.05 Å². The Hall–Kier alpha value is -2.81. The summed E-state index contributed by atoms with van der Waals surface area (Å²) >= 11 is 0. The highest BCUT2D eigenvalue weighted by Crippen LogP contribution is 2.37.